The Labute approximate surface area is 157 Å². The highest BCUT2D eigenvalue weighted by atomic mass is 16.1. The molecule has 1 fully saturated rings. The Balaban J connectivity index is 1.71. The Hall–Kier alpha value is -2.08. The van der Waals surface area contributed by atoms with E-state index in [1.807, 2.05) is 7.05 Å². The van der Waals surface area contributed by atoms with E-state index in [9.17, 15) is 4.79 Å². The molecule has 1 unspecified atom stereocenters. The third-order valence-corrected chi connectivity index (χ3v) is 4.96. The average molecular weight is 360 g/mol. The van der Waals surface area contributed by atoms with Gasteiger partial charge in [-0.15, -0.1) is 0 Å². The van der Waals surface area contributed by atoms with E-state index in [0.717, 1.165) is 57.9 Å². The van der Waals surface area contributed by atoms with E-state index >= 15 is 0 Å². The lowest BCUT2D eigenvalue weighted by atomic mass is 9.97. The van der Waals surface area contributed by atoms with Crippen LogP contribution in [0.2, 0.25) is 0 Å². The standard InChI is InChI=1S/C20H33N5O/c1-16-7-9-17(10-8-16)14-24(3)20(22-2)23-11-5-13-25-12-4-6-18(15-25)19(21)26/h7-10,18H,4-6,11-15H2,1-3H3,(H2,21,26)(H,22,23). The Bertz CT molecular complexity index is 599. The van der Waals surface area contributed by atoms with E-state index in [4.69, 9.17) is 5.73 Å². The zero-order chi connectivity index (χ0) is 18.9. The van der Waals surface area contributed by atoms with Gasteiger partial charge < -0.3 is 20.9 Å². The molecule has 144 valence electrons. The highest BCUT2D eigenvalue weighted by Gasteiger charge is 2.23. The molecule has 26 heavy (non-hydrogen) atoms. The van der Waals surface area contributed by atoms with Crippen LogP contribution in [0.5, 0.6) is 0 Å². The Kier molecular flexibility index (Phi) is 7.91. The van der Waals surface area contributed by atoms with E-state index in [1.165, 1.54) is 11.1 Å². The fourth-order valence-electron chi connectivity index (χ4n) is 3.42. The second-order valence-corrected chi connectivity index (χ2v) is 7.21. The van der Waals surface area contributed by atoms with Crippen LogP contribution in [0.1, 0.15) is 30.4 Å². The van der Waals surface area contributed by atoms with Gasteiger partial charge in [0.1, 0.15) is 0 Å². The number of nitrogens with zero attached hydrogens (tertiary/aromatic N) is 3. The van der Waals surface area contributed by atoms with Crippen molar-refractivity contribution in [2.75, 3.05) is 40.3 Å². The summed E-state index contributed by atoms with van der Waals surface area (Å²) in [4.78, 5) is 20.2. The van der Waals surface area contributed by atoms with Crippen molar-refractivity contribution in [1.29, 1.82) is 0 Å². The number of nitrogens with one attached hydrogen (secondary N) is 1. The van der Waals surface area contributed by atoms with Crippen molar-refractivity contribution in [2.24, 2.45) is 16.6 Å². The van der Waals surface area contributed by atoms with Crippen LogP contribution in [0, 0.1) is 12.8 Å². The van der Waals surface area contributed by atoms with E-state index in [0.29, 0.717) is 0 Å². The molecule has 0 aliphatic carbocycles. The lowest BCUT2D eigenvalue weighted by Crippen LogP contribution is -2.43. The highest BCUT2D eigenvalue weighted by molar-refractivity contribution is 5.79. The largest absolute Gasteiger partial charge is 0.369 e. The van der Waals surface area contributed by atoms with E-state index < -0.39 is 0 Å². The van der Waals surface area contributed by atoms with Gasteiger partial charge in [0.2, 0.25) is 5.91 Å². The maximum Gasteiger partial charge on any atom is 0.221 e. The van der Waals surface area contributed by atoms with Crippen molar-refractivity contribution < 1.29 is 4.79 Å². The maximum absolute atomic E-state index is 11.4. The number of rotatable bonds is 7. The number of amides is 1. The molecule has 1 aromatic rings. The molecule has 1 aromatic carbocycles. The van der Waals surface area contributed by atoms with E-state index in [1.54, 1.807) is 0 Å². The maximum atomic E-state index is 11.4. The van der Waals surface area contributed by atoms with Crippen molar-refractivity contribution in [3.8, 4) is 0 Å². The van der Waals surface area contributed by atoms with Crippen molar-refractivity contribution >= 4 is 11.9 Å². The summed E-state index contributed by atoms with van der Waals surface area (Å²) in [5.41, 5.74) is 7.99. The lowest BCUT2D eigenvalue weighted by Gasteiger charge is -2.31. The first-order chi connectivity index (χ1) is 12.5. The van der Waals surface area contributed by atoms with Gasteiger partial charge in [0.05, 0.1) is 5.92 Å². The number of aliphatic imine (C=N–C) groups is 1. The minimum atomic E-state index is -0.161. The van der Waals surface area contributed by atoms with Gasteiger partial charge in [-0.3, -0.25) is 9.79 Å². The van der Waals surface area contributed by atoms with Crippen molar-refractivity contribution in [3.63, 3.8) is 0 Å². The van der Waals surface area contributed by atoms with Crippen LogP contribution in [0.4, 0.5) is 0 Å². The van der Waals surface area contributed by atoms with Crippen molar-refractivity contribution in [3.05, 3.63) is 35.4 Å². The molecule has 0 aromatic heterocycles. The predicted octanol–water partition coefficient (Wildman–Crippen LogP) is 1.59. The first-order valence-corrected chi connectivity index (χ1v) is 9.48. The molecule has 1 atom stereocenters. The molecule has 1 amide bonds. The van der Waals surface area contributed by atoms with Gasteiger partial charge in [-0.1, -0.05) is 29.8 Å². The number of benzene rings is 1. The summed E-state index contributed by atoms with van der Waals surface area (Å²) < 4.78 is 0. The molecule has 0 saturated carbocycles. The summed E-state index contributed by atoms with van der Waals surface area (Å²) >= 11 is 0. The van der Waals surface area contributed by atoms with Crippen LogP contribution in [-0.2, 0) is 11.3 Å². The third kappa shape index (κ3) is 6.33. The Morgan fingerprint density at radius 2 is 2.12 bits per heavy atom. The van der Waals surface area contributed by atoms with Gasteiger partial charge in [0, 0.05) is 33.7 Å². The van der Waals surface area contributed by atoms with E-state index in [2.05, 4.69) is 58.3 Å². The Morgan fingerprint density at radius 3 is 2.77 bits per heavy atom. The number of primary amides is 1. The number of piperidine rings is 1. The van der Waals surface area contributed by atoms with Gasteiger partial charge in [-0.25, -0.2) is 0 Å². The number of likely N-dealkylation sites (tertiary alicyclic amines) is 1. The first-order valence-electron chi connectivity index (χ1n) is 9.48. The number of hydrogen-bond donors (Lipinski definition) is 2. The van der Waals surface area contributed by atoms with Crippen molar-refractivity contribution in [1.82, 2.24) is 15.1 Å². The number of hydrogen-bond acceptors (Lipinski definition) is 3. The molecule has 1 aliphatic heterocycles. The first kappa shape index (κ1) is 20.2. The van der Waals surface area contributed by atoms with E-state index in [-0.39, 0.29) is 11.8 Å². The normalized spacial score (nSPS) is 18.6. The molecule has 1 aliphatic rings. The highest BCUT2D eigenvalue weighted by Crippen LogP contribution is 2.15. The zero-order valence-corrected chi connectivity index (χ0v) is 16.4. The van der Waals surface area contributed by atoms with Crippen LogP contribution in [0.3, 0.4) is 0 Å². The Morgan fingerprint density at radius 1 is 1.38 bits per heavy atom. The molecule has 1 heterocycles. The topological polar surface area (TPSA) is 74.0 Å². The van der Waals surface area contributed by atoms with Gasteiger partial charge in [0.15, 0.2) is 5.96 Å². The monoisotopic (exact) mass is 359 g/mol. The average Bonchev–Trinajstić information content (AvgIpc) is 2.63. The minimum Gasteiger partial charge on any atom is -0.369 e. The molecule has 2 rings (SSSR count). The molecule has 1 saturated heterocycles. The molecular weight excluding hydrogens is 326 g/mol. The summed E-state index contributed by atoms with van der Waals surface area (Å²) in [5, 5.41) is 3.43. The number of carbonyl (C=O) groups is 1. The molecule has 0 bridgehead atoms. The van der Waals surface area contributed by atoms with Gasteiger partial charge in [-0.05, 0) is 44.8 Å². The SMILES string of the molecule is CN=C(NCCCN1CCCC(C(N)=O)C1)N(C)Cc1ccc(C)cc1. The number of nitrogens with two attached hydrogens (primary N) is 1. The van der Waals surface area contributed by atoms with Gasteiger partial charge >= 0.3 is 0 Å². The fourth-order valence-corrected chi connectivity index (χ4v) is 3.42. The summed E-state index contributed by atoms with van der Waals surface area (Å²) in [6, 6.07) is 8.59. The van der Waals surface area contributed by atoms with Crippen LogP contribution in [0.15, 0.2) is 29.3 Å². The number of aryl methyl sites for hydroxylation is 1. The molecule has 0 radical (unpaired) electrons. The number of guanidine groups is 1. The van der Waals surface area contributed by atoms with Gasteiger partial charge in [-0.2, -0.15) is 0 Å². The summed E-state index contributed by atoms with van der Waals surface area (Å²) in [5.74, 6) is 0.760. The molecule has 6 heteroatoms. The molecule has 0 spiro atoms. The second-order valence-electron chi connectivity index (χ2n) is 7.21. The summed E-state index contributed by atoms with van der Waals surface area (Å²) in [7, 11) is 3.87. The zero-order valence-electron chi connectivity index (χ0n) is 16.4. The summed E-state index contributed by atoms with van der Waals surface area (Å²) in [6.45, 7) is 6.63. The molecular formula is C20H33N5O. The molecule has 6 nitrogen and oxygen atoms in total. The van der Waals surface area contributed by atoms with Gasteiger partial charge in [0.25, 0.3) is 0 Å². The lowest BCUT2D eigenvalue weighted by molar-refractivity contribution is -0.123. The van der Waals surface area contributed by atoms with Crippen LogP contribution in [0.25, 0.3) is 0 Å². The van der Waals surface area contributed by atoms with Crippen molar-refractivity contribution in [2.45, 2.75) is 32.7 Å². The smallest absolute Gasteiger partial charge is 0.221 e. The van der Waals surface area contributed by atoms with Crippen LogP contribution >= 0.6 is 0 Å². The predicted molar refractivity (Wildman–Crippen MR) is 107 cm³/mol. The minimum absolute atomic E-state index is 0.0186. The third-order valence-electron chi connectivity index (χ3n) is 4.96. The second kappa shape index (κ2) is 10.2. The number of carbonyl (C=O) groups excluding carboxylic acids is 1. The quantitative estimate of drug-likeness (QED) is 0.440. The molecule has 3 N–H and O–H groups in total. The fraction of sp³-hybridized carbons (Fsp3) is 0.600. The van der Waals surface area contributed by atoms with Crippen LogP contribution < -0.4 is 11.1 Å². The van der Waals surface area contributed by atoms with Crippen LogP contribution in [-0.4, -0.2) is 61.9 Å². The summed E-state index contributed by atoms with van der Waals surface area (Å²) in [6.07, 6.45) is 3.01.